The molecule has 0 spiro atoms. The predicted molar refractivity (Wildman–Crippen MR) is 48.9 cm³/mol. The molecule has 0 atom stereocenters. The molecular weight excluding hydrogens is 162 g/mol. The van der Waals surface area contributed by atoms with Gasteiger partial charge in [0.1, 0.15) is 0 Å². The van der Waals surface area contributed by atoms with Gasteiger partial charge in [0.05, 0.1) is 12.5 Å². The number of hydrogen-bond acceptors (Lipinski definition) is 2. The molecule has 0 aliphatic heterocycles. The third kappa shape index (κ3) is 2.18. The molecule has 13 heavy (non-hydrogen) atoms. The molecule has 0 heterocycles. The number of ketones is 1. The summed E-state index contributed by atoms with van der Waals surface area (Å²) in [7, 11) is 0. The first-order chi connectivity index (χ1) is 6.27. The summed E-state index contributed by atoms with van der Waals surface area (Å²) in [4.78, 5) is 11.2. The molecular formula is C11H7NO. The van der Waals surface area contributed by atoms with Gasteiger partial charge in [0, 0.05) is 11.1 Å². The summed E-state index contributed by atoms with van der Waals surface area (Å²) in [5.74, 6) is 2.27. The molecule has 0 aromatic heterocycles. The molecule has 0 saturated heterocycles. The van der Waals surface area contributed by atoms with Crippen LogP contribution < -0.4 is 0 Å². The SMILES string of the molecule is C#Cc1ccc(C(=O)CC#N)cc1. The lowest BCUT2D eigenvalue weighted by atomic mass is 10.1. The lowest BCUT2D eigenvalue weighted by Gasteiger charge is -1.95. The van der Waals surface area contributed by atoms with Gasteiger partial charge in [0.25, 0.3) is 0 Å². The second kappa shape index (κ2) is 4.09. The zero-order valence-electron chi connectivity index (χ0n) is 6.95. The molecule has 0 aliphatic rings. The highest BCUT2D eigenvalue weighted by atomic mass is 16.1. The van der Waals surface area contributed by atoms with Crippen molar-refractivity contribution in [2.75, 3.05) is 0 Å². The van der Waals surface area contributed by atoms with Gasteiger partial charge in [-0.05, 0) is 12.1 Å². The number of rotatable bonds is 2. The minimum Gasteiger partial charge on any atom is -0.293 e. The van der Waals surface area contributed by atoms with Crippen LogP contribution in [-0.2, 0) is 0 Å². The molecule has 2 heteroatoms. The summed E-state index contributed by atoms with van der Waals surface area (Å²) in [5, 5.41) is 8.30. The van der Waals surface area contributed by atoms with E-state index in [4.69, 9.17) is 11.7 Å². The highest BCUT2D eigenvalue weighted by molar-refractivity contribution is 5.97. The number of nitriles is 1. The van der Waals surface area contributed by atoms with Crippen LogP contribution in [0.15, 0.2) is 24.3 Å². The van der Waals surface area contributed by atoms with E-state index in [1.54, 1.807) is 30.3 Å². The summed E-state index contributed by atoms with van der Waals surface area (Å²) in [6.07, 6.45) is 5.06. The van der Waals surface area contributed by atoms with Crippen LogP contribution in [-0.4, -0.2) is 5.78 Å². The van der Waals surface area contributed by atoms with Gasteiger partial charge in [-0.15, -0.1) is 6.42 Å². The van der Waals surface area contributed by atoms with Crippen molar-refractivity contribution in [3.05, 3.63) is 35.4 Å². The fourth-order valence-electron chi connectivity index (χ4n) is 0.926. The van der Waals surface area contributed by atoms with E-state index in [1.807, 2.05) is 0 Å². The molecule has 1 aromatic carbocycles. The van der Waals surface area contributed by atoms with Crippen LogP contribution in [0.4, 0.5) is 0 Å². The highest BCUT2D eigenvalue weighted by Crippen LogP contribution is 2.05. The zero-order chi connectivity index (χ0) is 9.68. The largest absolute Gasteiger partial charge is 0.293 e. The fourth-order valence-corrected chi connectivity index (χ4v) is 0.926. The Balaban J connectivity index is 2.89. The third-order valence-electron chi connectivity index (χ3n) is 1.61. The van der Waals surface area contributed by atoms with Gasteiger partial charge in [0.2, 0.25) is 0 Å². The van der Waals surface area contributed by atoms with Crippen LogP contribution in [0.5, 0.6) is 0 Å². The summed E-state index contributed by atoms with van der Waals surface area (Å²) in [6, 6.07) is 8.44. The third-order valence-corrected chi connectivity index (χ3v) is 1.61. The van der Waals surface area contributed by atoms with Gasteiger partial charge in [-0.25, -0.2) is 0 Å². The Morgan fingerprint density at radius 3 is 2.46 bits per heavy atom. The van der Waals surface area contributed by atoms with Crippen LogP contribution in [0, 0.1) is 23.7 Å². The van der Waals surface area contributed by atoms with Crippen LogP contribution in [0.2, 0.25) is 0 Å². The molecule has 2 nitrogen and oxygen atoms in total. The Bertz CT molecular complexity index is 390. The van der Waals surface area contributed by atoms with Crippen molar-refractivity contribution in [1.29, 1.82) is 5.26 Å². The fraction of sp³-hybridized carbons (Fsp3) is 0.0909. The van der Waals surface area contributed by atoms with Crippen molar-refractivity contribution in [3.63, 3.8) is 0 Å². The maximum absolute atomic E-state index is 11.2. The molecule has 62 valence electrons. The monoisotopic (exact) mass is 169 g/mol. The minimum absolute atomic E-state index is 0.0879. The van der Waals surface area contributed by atoms with E-state index >= 15 is 0 Å². The van der Waals surface area contributed by atoms with Gasteiger partial charge in [-0.1, -0.05) is 18.1 Å². The number of hydrogen-bond donors (Lipinski definition) is 0. The summed E-state index contributed by atoms with van der Waals surface area (Å²) < 4.78 is 0. The maximum atomic E-state index is 11.2. The Hall–Kier alpha value is -2.06. The van der Waals surface area contributed by atoms with Crippen molar-refractivity contribution < 1.29 is 4.79 Å². The Labute approximate surface area is 76.8 Å². The molecule has 0 amide bonds. The molecule has 1 rings (SSSR count). The molecule has 1 aromatic rings. The standard InChI is InChI=1S/C11H7NO/c1-2-9-3-5-10(6-4-9)11(13)7-8-12/h1,3-6H,7H2. The average molecular weight is 169 g/mol. The van der Waals surface area contributed by atoms with E-state index < -0.39 is 0 Å². The minimum atomic E-state index is -0.175. The first-order valence-corrected chi connectivity index (χ1v) is 3.74. The van der Waals surface area contributed by atoms with E-state index in [-0.39, 0.29) is 12.2 Å². The summed E-state index contributed by atoms with van der Waals surface area (Å²) >= 11 is 0. The smallest absolute Gasteiger partial charge is 0.176 e. The van der Waals surface area contributed by atoms with Crippen LogP contribution in [0.3, 0.4) is 0 Å². The summed E-state index contributed by atoms with van der Waals surface area (Å²) in [6.45, 7) is 0. The Morgan fingerprint density at radius 1 is 1.38 bits per heavy atom. The molecule has 0 unspecified atom stereocenters. The van der Waals surface area contributed by atoms with E-state index in [1.165, 1.54) is 0 Å². The van der Waals surface area contributed by atoms with Crippen LogP contribution in [0.25, 0.3) is 0 Å². The van der Waals surface area contributed by atoms with Gasteiger partial charge in [-0.3, -0.25) is 4.79 Å². The quantitative estimate of drug-likeness (QED) is 0.500. The van der Waals surface area contributed by atoms with E-state index in [0.29, 0.717) is 5.56 Å². The number of terminal acetylenes is 1. The first kappa shape index (κ1) is 9.03. The van der Waals surface area contributed by atoms with Crippen LogP contribution in [0.1, 0.15) is 22.3 Å². The molecule has 0 N–H and O–H groups in total. The lowest BCUT2D eigenvalue weighted by molar-refractivity contribution is 0.0998. The van der Waals surface area contributed by atoms with Gasteiger partial charge >= 0.3 is 0 Å². The lowest BCUT2D eigenvalue weighted by Crippen LogP contribution is -1.96. The second-order valence-electron chi connectivity index (χ2n) is 2.48. The Morgan fingerprint density at radius 2 is 2.00 bits per heavy atom. The highest BCUT2D eigenvalue weighted by Gasteiger charge is 2.03. The average Bonchev–Trinajstić information content (AvgIpc) is 2.18. The predicted octanol–water partition coefficient (Wildman–Crippen LogP) is 1.76. The normalized spacial score (nSPS) is 8.46. The first-order valence-electron chi connectivity index (χ1n) is 3.74. The second-order valence-corrected chi connectivity index (χ2v) is 2.48. The molecule has 0 bridgehead atoms. The van der Waals surface area contributed by atoms with Gasteiger partial charge in [-0.2, -0.15) is 5.26 Å². The van der Waals surface area contributed by atoms with Crippen molar-refractivity contribution in [2.24, 2.45) is 0 Å². The maximum Gasteiger partial charge on any atom is 0.176 e. The molecule has 0 saturated carbocycles. The van der Waals surface area contributed by atoms with E-state index in [9.17, 15) is 4.79 Å². The molecule has 0 radical (unpaired) electrons. The number of carbonyl (C=O) groups is 1. The van der Waals surface area contributed by atoms with E-state index in [0.717, 1.165) is 5.56 Å². The summed E-state index contributed by atoms with van der Waals surface area (Å²) in [5.41, 5.74) is 1.26. The zero-order valence-corrected chi connectivity index (χ0v) is 6.95. The van der Waals surface area contributed by atoms with Crippen LogP contribution >= 0.6 is 0 Å². The van der Waals surface area contributed by atoms with Crippen molar-refractivity contribution in [1.82, 2.24) is 0 Å². The molecule has 0 fully saturated rings. The number of nitrogens with zero attached hydrogens (tertiary/aromatic N) is 1. The van der Waals surface area contributed by atoms with Gasteiger partial charge in [0.15, 0.2) is 5.78 Å². The van der Waals surface area contributed by atoms with Gasteiger partial charge < -0.3 is 0 Å². The van der Waals surface area contributed by atoms with Crippen molar-refractivity contribution in [2.45, 2.75) is 6.42 Å². The van der Waals surface area contributed by atoms with Crippen molar-refractivity contribution >= 4 is 5.78 Å². The number of benzene rings is 1. The number of Topliss-reactive ketones (excluding diaryl/α,β-unsaturated/α-hetero) is 1. The van der Waals surface area contributed by atoms with E-state index in [2.05, 4.69) is 5.92 Å². The Kier molecular flexibility index (Phi) is 2.84. The number of carbonyl (C=O) groups excluding carboxylic acids is 1. The topological polar surface area (TPSA) is 40.9 Å². The molecule has 0 aliphatic carbocycles. The van der Waals surface area contributed by atoms with Crippen molar-refractivity contribution in [3.8, 4) is 18.4 Å².